The molecule has 3 rings (SSSR count). The Kier molecular flexibility index (Phi) is 3.99. The number of hydrogen-bond donors (Lipinski definition) is 1. The normalized spacial score (nSPS) is 27.7. The number of amides is 2. The van der Waals surface area contributed by atoms with E-state index in [1.807, 2.05) is 4.90 Å². The first kappa shape index (κ1) is 13.9. The van der Waals surface area contributed by atoms with Gasteiger partial charge in [0.15, 0.2) is 0 Å². The summed E-state index contributed by atoms with van der Waals surface area (Å²) >= 11 is 0. The molecule has 3 fully saturated rings. The van der Waals surface area contributed by atoms with Crippen LogP contribution in [0.2, 0.25) is 0 Å². The molecule has 0 radical (unpaired) electrons. The van der Waals surface area contributed by atoms with Crippen molar-refractivity contribution in [3.05, 3.63) is 0 Å². The molecule has 2 saturated carbocycles. The molecule has 1 N–H and O–H groups in total. The maximum absolute atomic E-state index is 13.0. The maximum Gasteiger partial charge on any atom is 0.248 e. The van der Waals surface area contributed by atoms with Gasteiger partial charge in [-0.3, -0.25) is 9.59 Å². The number of rotatable bonds is 2. The Labute approximate surface area is 121 Å². The number of nitrogens with one attached hydrogen (secondary N) is 1. The summed E-state index contributed by atoms with van der Waals surface area (Å²) in [4.78, 5) is 27.0. The predicted octanol–water partition coefficient (Wildman–Crippen LogP) is 2.23. The molecule has 20 heavy (non-hydrogen) atoms. The van der Waals surface area contributed by atoms with Gasteiger partial charge in [-0.05, 0) is 31.6 Å². The predicted molar refractivity (Wildman–Crippen MR) is 77.1 cm³/mol. The molecule has 1 spiro atoms. The van der Waals surface area contributed by atoms with Gasteiger partial charge in [-0.15, -0.1) is 0 Å². The van der Waals surface area contributed by atoms with E-state index in [0.717, 1.165) is 32.2 Å². The van der Waals surface area contributed by atoms with Crippen LogP contribution in [0.15, 0.2) is 0 Å². The minimum absolute atomic E-state index is 0.0640. The van der Waals surface area contributed by atoms with Crippen molar-refractivity contribution in [1.82, 2.24) is 10.2 Å². The summed E-state index contributed by atoms with van der Waals surface area (Å²) in [5, 5.41) is 3.07. The molecule has 0 bridgehead atoms. The smallest absolute Gasteiger partial charge is 0.248 e. The third kappa shape index (κ3) is 2.70. The fourth-order valence-corrected chi connectivity index (χ4v) is 4.20. The Bertz CT molecular complexity index is 382. The summed E-state index contributed by atoms with van der Waals surface area (Å²) < 4.78 is 0. The van der Waals surface area contributed by atoms with Crippen LogP contribution in [0.5, 0.6) is 0 Å². The van der Waals surface area contributed by atoms with E-state index in [-0.39, 0.29) is 11.8 Å². The van der Waals surface area contributed by atoms with E-state index in [0.29, 0.717) is 18.9 Å². The number of carbonyl (C=O) groups is 2. The van der Waals surface area contributed by atoms with Gasteiger partial charge in [0.1, 0.15) is 5.54 Å². The largest absolute Gasteiger partial charge is 0.342 e. The van der Waals surface area contributed by atoms with Crippen LogP contribution in [-0.2, 0) is 9.59 Å². The molecule has 2 aliphatic carbocycles. The monoisotopic (exact) mass is 278 g/mol. The SMILES string of the molecule is O=C1CCN(CC2CCCC2)C(=O)C2(CCCCC2)N1. The average molecular weight is 278 g/mol. The molecule has 0 aromatic rings. The third-order valence-electron chi connectivity index (χ3n) is 5.34. The zero-order chi connectivity index (χ0) is 14.0. The summed E-state index contributed by atoms with van der Waals surface area (Å²) in [6.07, 6.45) is 10.5. The van der Waals surface area contributed by atoms with E-state index in [9.17, 15) is 9.59 Å². The van der Waals surface area contributed by atoms with Gasteiger partial charge in [-0.2, -0.15) is 0 Å². The van der Waals surface area contributed by atoms with Gasteiger partial charge in [0, 0.05) is 19.5 Å². The zero-order valence-corrected chi connectivity index (χ0v) is 12.3. The summed E-state index contributed by atoms with van der Waals surface area (Å²) in [5.74, 6) is 0.928. The second kappa shape index (κ2) is 5.74. The van der Waals surface area contributed by atoms with Gasteiger partial charge in [-0.25, -0.2) is 0 Å². The topological polar surface area (TPSA) is 49.4 Å². The molecule has 0 aromatic carbocycles. The fourth-order valence-electron chi connectivity index (χ4n) is 4.20. The molecule has 4 nitrogen and oxygen atoms in total. The van der Waals surface area contributed by atoms with E-state index in [2.05, 4.69) is 5.32 Å². The average Bonchev–Trinajstić information content (AvgIpc) is 2.93. The van der Waals surface area contributed by atoms with Gasteiger partial charge >= 0.3 is 0 Å². The van der Waals surface area contributed by atoms with Crippen molar-refractivity contribution in [3.8, 4) is 0 Å². The highest BCUT2D eigenvalue weighted by Crippen LogP contribution is 2.33. The van der Waals surface area contributed by atoms with Crippen LogP contribution >= 0.6 is 0 Å². The fraction of sp³-hybridized carbons (Fsp3) is 0.875. The molecule has 1 heterocycles. The molecule has 1 saturated heterocycles. The molecular weight excluding hydrogens is 252 g/mol. The Hall–Kier alpha value is -1.06. The van der Waals surface area contributed by atoms with Crippen LogP contribution in [0.1, 0.15) is 64.2 Å². The summed E-state index contributed by atoms with van der Waals surface area (Å²) in [5.41, 5.74) is -0.565. The Morgan fingerprint density at radius 1 is 1.05 bits per heavy atom. The maximum atomic E-state index is 13.0. The quantitative estimate of drug-likeness (QED) is 0.842. The highest BCUT2D eigenvalue weighted by Gasteiger charge is 2.45. The molecule has 3 aliphatic rings. The van der Waals surface area contributed by atoms with Crippen LogP contribution in [0.4, 0.5) is 0 Å². The third-order valence-corrected chi connectivity index (χ3v) is 5.34. The lowest BCUT2D eigenvalue weighted by atomic mass is 9.80. The Balaban J connectivity index is 1.75. The minimum atomic E-state index is -0.565. The van der Waals surface area contributed by atoms with Gasteiger partial charge in [0.2, 0.25) is 11.8 Å². The van der Waals surface area contributed by atoms with E-state index in [4.69, 9.17) is 0 Å². The first-order chi connectivity index (χ1) is 9.70. The summed E-state index contributed by atoms with van der Waals surface area (Å²) in [6.45, 7) is 1.48. The van der Waals surface area contributed by atoms with Gasteiger partial charge in [-0.1, -0.05) is 32.1 Å². The second-order valence-electron chi connectivity index (χ2n) is 6.84. The van der Waals surface area contributed by atoms with Crippen LogP contribution < -0.4 is 5.32 Å². The molecule has 0 aromatic heterocycles. The van der Waals surface area contributed by atoms with Crippen molar-refractivity contribution in [2.45, 2.75) is 69.7 Å². The van der Waals surface area contributed by atoms with Crippen molar-refractivity contribution >= 4 is 11.8 Å². The van der Waals surface area contributed by atoms with Crippen molar-refractivity contribution in [2.24, 2.45) is 5.92 Å². The van der Waals surface area contributed by atoms with Crippen LogP contribution in [-0.4, -0.2) is 35.3 Å². The summed E-state index contributed by atoms with van der Waals surface area (Å²) in [7, 11) is 0. The van der Waals surface area contributed by atoms with Crippen LogP contribution in [0, 0.1) is 5.92 Å². The highest BCUT2D eigenvalue weighted by molar-refractivity contribution is 5.93. The van der Waals surface area contributed by atoms with Gasteiger partial charge < -0.3 is 10.2 Å². The molecule has 0 unspecified atom stereocenters. The molecule has 1 aliphatic heterocycles. The second-order valence-corrected chi connectivity index (χ2v) is 6.84. The number of hydrogen-bond acceptors (Lipinski definition) is 2. The van der Waals surface area contributed by atoms with E-state index in [1.165, 1.54) is 32.1 Å². The van der Waals surface area contributed by atoms with E-state index < -0.39 is 5.54 Å². The molecular formula is C16H26N2O2. The lowest BCUT2D eigenvalue weighted by Crippen LogP contribution is -2.58. The van der Waals surface area contributed by atoms with Crippen LogP contribution in [0.25, 0.3) is 0 Å². The molecule has 112 valence electrons. The molecule has 0 atom stereocenters. The van der Waals surface area contributed by atoms with Crippen molar-refractivity contribution < 1.29 is 9.59 Å². The lowest BCUT2D eigenvalue weighted by Gasteiger charge is -2.38. The number of carbonyl (C=O) groups excluding carboxylic acids is 2. The van der Waals surface area contributed by atoms with Crippen molar-refractivity contribution in [3.63, 3.8) is 0 Å². The standard InChI is InChI=1S/C16H26N2O2/c19-14-8-11-18(12-13-6-2-3-7-13)15(20)16(17-14)9-4-1-5-10-16/h13H,1-12H2,(H,17,19). The summed E-state index contributed by atoms with van der Waals surface area (Å²) in [6, 6.07) is 0. The minimum Gasteiger partial charge on any atom is -0.342 e. The Morgan fingerprint density at radius 3 is 2.45 bits per heavy atom. The van der Waals surface area contributed by atoms with Gasteiger partial charge in [0.05, 0.1) is 0 Å². The van der Waals surface area contributed by atoms with E-state index >= 15 is 0 Å². The Morgan fingerprint density at radius 2 is 1.75 bits per heavy atom. The van der Waals surface area contributed by atoms with Crippen LogP contribution in [0.3, 0.4) is 0 Å². The van der Waals surface area contributed by atoms with Crippen molar-refractivity contribution in [1.29, 1.82) is 0 Å². The lowest BCUT2D eigenvalue weighted by molar-refractivity contribution is -0.140. The van der Waals surface area contributed by atoms with Crippen molar-refractivity contribution in [2.75, 3.05) is 13.1 Å². The van der Waals surface area contributed by atoms with Gasteiger partial charge in [0.25, 0.3) is 0 Å². The van der Waals surface area contributed by atoms with E-state index in [1.54, 1.807) is 0 Å². The first-order valence-electron chi connectivity index (χ1n) is 8.30. The molecule has 2 amide bonds. The highest BCUT2D eigenvalue weighted by atomic mass is 16.2. The number of nitrogens with zero attached hydrogens (tertiary/aromatic N) is 1. The molecule has 4 heteroatoms. The first-order valence-corrected chi connectivity index (χ1v) is 8.30. The zero-order valence-electron chi connectivity index (χ0n) is 12.3.